The smallest absolute Gasteiger partial charge is 0.309 e. The summed E-state index contributed by atoms with van der Waals surface area (Å²) in [6.45, 7) is 18.7. The van der Waals surface area contributed by atoms with Gasteiger partial charge in [0.05, 0.1) is 39.9 Å². The minimum atomic E-state index is -4.52. The van der Waals surface area contributed by atoms with Gasteiger partial charge in [0, 0.05) is 27.2 Å². The van der Waals surface area contributed by atoms with Crippen LogP contribution in [0.15, 0.2) is 176 Å². The summed E-state index contributed by atoms with van der Waals surface area (Å²) in [5, 5.41) is 4.35. The molecule has 0 spiro atoms. The lowest BCUT2D eigenvalue weighted by molar-refractivity contribution is -0.137. The lowest BCUT2D eigenvalue weighted by atomic mass is 9.94. The molecule has 11 rings (SSSR count). The molecule has 0 unspecified atom stereocenters. The third-order valence-electron chi connectivity index (χ3n) is 13.4. The van der Waals surface area contributed by atoms with Crippen LogP contribution in [0.25, 0.3) is 104 Å². The fourth-order valence-electron chi connectivity index (χ4n) is 10.3. The van der Waals surface area contributed by atoms with Gasteiger partial charge in [0.1, 0.15) is 0 Å². The van der Waals surface area contributed by atoms with Gasteiger partial charge in [-0.05, 0) is 169 Å². The summed E-state index contributed by atoms with van der Waals surface area (Å²) in [6, 6.07) is 59.0. The minimum Gasteiger partial charge on any atom is -0.309 e. The highest BCUT2D eigenvalue weighted by atomic mass is 19.4. The molecule has 0 aliphatic rings. The van der Waals surface area contributed by atoms with Gasteiger partial charge in [0.2, 0.25) is 0 Å². The third kappa shape index (κ3) is 7.06. The van der Waals surface area contributed by atoms with Crippen molar-refractivity contribution in [1.82, 2.24) is 9.13 Å². The van der Waals surface area contributed by atoms with E-state index in [1.165, 1.54) is 39.9 Å². The Morgan fingerprint density at radius 2 is 0.955 bits per heavy atom. The molecule has 0 atom stereocenters. The van der Waals surface area contributed by atoms with E-state index < -0.39 is 11.7 Å². The Hall–Kier alpha value is -8.14. The number of rotatable bonds is 6. The maximum absolute atomic E-state index is 14.3. The summed E-state index contributed by atoms with van der Waals surface area (Å²) in [7, 11) is 0. The van der Waals surface area contributed by atoms with Crippen molar-refractivity contribution in [3.63, 3.8) is 0 Å². The van der Waals surface area contributed by atoms with Gasteiger partial charge in [0.15, 0.2) is 5.69 Å². The molecular weight excluding hydrogens is 832 g/mol. The molecule has 0 saturated heterocycles. The highest BCUT2D eigenvalue weighted by Gasteiger charge is 2.31. The number of hydrogen-bond acceptors (Lipinski definition) is 0. The number of aromatic nitrogens is 2. The number of halogens is 3. The zero-order valence-corrected chi connectivity index (χ0v) is 37.7. The van der Waals surface area contributed by atoms with E-state index >= 15 is 0 Å². The maximum Gasteiger partial charge on any atom is 0.416 e. The highest BCUT2D eigenvalue weighted by Crippen LogP contribution is 2.45. The molecule has 6 heteroatoms. The van der Waals surface area contributed by atoms with Crippen molar-refractivity contribution >= 4 is 49.3 Å². The lowest BCUT2D eigenvalue weighted by Gasteiger charge is -2.19. The molecule has 11 aromatic rings. The van der Waals surface area contributed by atoms with E-state index in [0.29, 0.717) is 27.9 Å². The first kappa shape index (κ1) is 41.6. The summed E-state index contributed by atoms with van der Waals surface area (Å²) in [5.74, 6) is 0. The number of benzene rings is 9. The Balaban J connectivity index is 1.17. The molecule has 324 valence electrons. The topological polar surface area (TPSA) is 14.2 Å². The Labute approximate surface area is 387 Å². The predicted octanol–water partition coefficient (Wildman–Crippen LogP) is 17.7. The molecule has 0 aliphatic heterocycles. The lowest BCUT2D eigenvalue weighted by Crippen LogP contribution is -2.05. The van der Waals surface area contributed by atoms with Crippen molar-refractivity contribution in [2.24, 2.45) is 0 Å². The first-order valence-electron chi connectivity index (χ1n) is 22.4. The van der Waals surface area contributed by atoms with Gasteiger partial charge in [-0.15, -0.1) is 0 Å². The van der Waals surface area contributed by atoms with Crippen molar-refractivity contribution in [2.75, 3.05) is 0 Å². The van der Waals surface area contributed by atoms with Crippen LogP contribution < -0.4 is 0 Å². The number of fused-ring (bicyclic) bond motifs is 6. The molecule has 9 aromatic carbocycles. The van der Waals surface area contributed by atoms with Gasteiger partial charge in [-0.2, -0.15) is 13.2 Å². The van der Waals surface area contributed by atoms with E-state index in [9.17, 15) is 13.2 Å². The van der Waals surface area contributed by atoms with Gasteiger partial charge in [-0.1, -0.05) is 114 Å². The van der Waals surface area contributed by atoms with Crippen LogP contribution in [0.4, 0.5) is 18.9 Å². The molecule has 0 fully saturated rings. The molecule has 0 amide bonds. The van der Waals surface area contributed by atoms with E-state index in [2.05, 4.69) is 151 Å². The Kier molecular flexibility index (Phi) is 9.79. The van der Waals surface area contributed by atoms with Crippen molar-refractivity contribution in [1.29, 1.82) is 0 Å². The number of hydrogen-bond donors (Lipinski definition) is 0. The Morgan fingerprint density at radius 3 is 1.54 bits per heavy atom. The highest BCUT2D eigenvalue weighted by molar-refractivity contribution is 6.12. The van der Waals surface area contributed by atoms with E-state index in [0.717, 1.165) is 77.2 Å². The number of alkyl halides is 3. The van der Waals surface area contributed by atoms with Crippen LogP contribution in [0.1, 0.15) is 33.4 Å². The summed E-state index contributed by atoms with van der Waals surface area (Å²) in [4.78, 5) is 4.11. The molecular formula is C61H44F3N3. The first-order chi connectivity index (χ1) is 32.3. The molecule has 0 bridgehead atoms. The standard InChI is InChI=1S/C61H44F3N3/c1-36-15-21-47(39(4)27-36)42-18-25-58-52(33-42)49-11-7-9-13-56(49)66(58)46-20-23-55(65-6)51(35-46)54-32-41(44-29-38(3)30-45(31-44)61(62,63)64)17-24-60(54)67-57-14-10-8-12-50(57)53-34-43(19-26-59(53)67)48-22-16-37(2)28-40(48)5/h7-35H,1-5H3. The fourth-order valence-corrected chi connectivity index (χ4v) is 10.3. The van der Waals surface area contributed by atoms with Gasteiger partial charge in [-0.25, -0.2) is 4.85 Å². The largest absolute Gasteiger partial charge is 0.416 e. The average Bonchev–Trinajstić information content (AvgIpc) is 3.83. The number of aryl methyl sites for hydroxylation is 5. The third-order valence-corrected chi connectivity index (χ3v) is 13.4. The van der Waals surface area contributed by atoms with Crippen LogP contribution in [0.2, 0.25) is 0 Å². The SMILES string of the molecule is [C-]#[N+]c1ccc(-n2c3ccccc3c3cc(-c4ccc(C)cc4C)ccc32)cc1-c1cc(-c2cc(C)cc(C(F)(F)F)c2)ccc1-n1c2ccccc2c2cc(-c3ccc(C)cc3C)ccc21. The molecule has 2 aromatic heterocycles. The van der Waals surface area contributed by atoms with Gasteiger partial charge >= 0.3 is 6.18 Å². The van der Waals surface area contributed by atoms with Crippen LogP contribution in [-0.4, -0.2) is 9.13 Å². The van der Waals surface area contributed by atoms with Crippen LogP contribution in [0.5, 0.6) is 0 Å². The zero-order chi connectivity index (χ0) is 46.3. The van der Waals surface area contributed by atoms with Crippen molar-refractivity contribution in [2.45, 2.75) is 40.8 Å². The second-order valence-corrected chi connectivity index (χ2v) is 17.9. The van der Waals surface area contributed by atoms with Gasteiger partial charge in [0.25, 0.3) is 0 Å². The second kappa shape index (κ2) is 15.8. The number of para-hydroxylation sites is 2. The van der Waals surface area contributed by atoms with E-state index in [1.807, 2.05) is 48.5 Å². The molecule has 2 heterocycles. The summed E-state index contributed by atoms with van der Waals surface area (Å²) < 4.78 is 47.5. The predicted molar refractivity (Wildman–Crippen MR) is 272 cm³/mol. The first-order valence-corrected chi connectivity index (χ1v) is 22.4. The van der Waals surface area contributed by atoms with Gasteiger partial charge in [-0.3, -0.25) is 0 Å². The summed E-state index contributed by atoms with van der Waals surface area (Å²) >= 11 is 0. The van der Waals surface area contributed by atoms with Crippen LogP contribution in [0, 0.1) is 41.2 Å². The normalized spacial score (nSPS) is 11.9. The minimum absolute atomic E-state index is 0.429. The van der Waals surface area contributed by atoms with Crippen molar-refractivity contribution < 1.29 is 13.2 Å². The molecule has 0 aliphatic carbocycles. The van der Waals surface area contributed by atoms with Crippen LogP contribution in [-0.2, 0) is 6.18 Å². The monoisotopic (exact) mass is 875 g/mol. The molecule has 3 nitrogen and oxygen atoms in total. The number of nitrogens with zero attached hydrogens (tertiary/aromatic N) is 3. The molecule has 0 radical (unpaired) electrons. The average molecular weight is 876 g/mol. The quantitative estimate of drug-likeness (QED) is 0.148. The van der Waals surface area contributed by atoms with Crippen molar-refractivity contribution in [3.8, 4) is 55.9 Å². The molecule has 0 saturated carbocycles. The maximum atomic E-state index is 14.3. The van der Waals surface area contributed by atoms with Gasteiger partial charge < -0.3 is 9.13 Å². The van der Waals surface area contributed by atoms with E-state index in [-0.39, 0.29) is 0 Å². The Bertz CT molecular complexity index is 3870. The van der Waals surface area contributed by atoms with E-state index in [1.54, 1.807) is 13.0 Å². The van der Waals surface area contributed by atoms with E-state index in [4.69, 9.17) is 6.57 Å². The second-order valence-electron chi connectivity index (χ2n) is 17.9. The van der Waals surface area contributed by atoms with Crippen LogP contribution in [0.3, 0.4) is 0 Å². The molecule has 0 N–H and O–H groups in total. The fraction of sp³-hybridized carbons (Fsp3) is 0.0984. The van der Waals surface area contributed by atoms with Crippen LogP contribution >= 0.6 is 0 Å². The summed E-state index contributed by atoms with van der Waals surface area (Å²) in [6.07, 6.45) is -4.52. The zero-order valence-electron chi connectivity index (χ0n) is 37.7. The molecule has 67 heavy (non-hydrogen) atoms. The van der Waals surface area contributed by atoms with Crippen molar-refractivity contribution in [3.05, 3.63) is 221 Å². The summed E-state index contributed by atoms with van der Waals surface area (Å²) in [5.41, 5.74) is 17.8. The Morgan fingerprint density at radius 1 is 0.403 bits per heavy atom.